The van der Waals surface area contributed by atoms with Gasteiger partial charge < -0.3 is 20.1 Å². The molecule has 2 N–H and O–H groups in total. The molecule has 0 saturated heterocycles. The SMILES string of the molecule is CC(Cc1cc(F)cc2c1OCC2)(CC(C)(O)C(F)(F)F)N1CC(=O)Nc2ccccc21. The zero-order chi connectivity index (χ0) is 23.3. The third-order valence-corrected chi connectivity index (χ3v) is 6.15. The quantitative estimate of drug-likeness (QED) is 0.667. The van der Waals surface area contributed by atoms with Crippen LogP contribution in [0.15, 0.2) is 36.4 Å². The Morgan fingerprint density at radius 3 is 2.62 bits per heavy atom. The second-order valence-electron chi connectivity index (χ2n) is 8.93. The van der Waals surface area contributed by atoms with E-state index in [0.29, 0.717) is 48.2 Å². The minimum atomic E-state index is -4.90. The van der Waals surface area contributed by atoms with Crippen LogP contribution in [-0.4, -0.2) is 41.5 Å². The fourth-order valence-corrected chi connectivity index (χ4v) is 4.70. The molecule has 2 aliphatic heterocycles. The van der Waals surface area contributed by atoms with Crippen molar-refractivity contribution in [3.05, 3.63) is 53.3 Å². The van der Waals surface area contributed by atoms with Crippen LogP contribution in [0.4, 0.5) is 28.9 Å². The van der Waals surface area contributed by atoms with Gasteiger partial charge in [0.2, 0.25) is 5.91 Å². The lowest BCUT2D eigenvalue weighted by atomic mass is 9.79. The van der Waals surface area contributed by atoms with Gasteiger partial charge in [0.1, 0.15) is 11.6 Å². The summed E-state index contributed by atoms with van der Waals surface area (Å²) in [7, 11) is 0. The van der Waals surface area contributed by atoms with E-state index in [-0.39, 0.29) is 18.9 Å². The van der Waals surface area contributed by atoms with E-state index in [4.69, 9.17) is 4.74 Å². The van der Waals surface area contributed by atoms with Crippen LogP contribution in [0.1, 0.15) is 31.4 Å². The number of nitrogens with zero attached hydrogens (tertiary/aromatic N) is 1. The van der Waals surface area contributed by atoms with Crippen molar-refractivity contribution in [3.8, 4) is 5.75 Å². The molecule has 2 atom stereocenters. The Balaban J connectivity index is 1.83. The summed E-state index contributed by atoms with van der Waals surface area (Å²) >= 11 is 0. The first-order chi connectivity index (χ1) is 14.9. The number of fused-ring (bicyclic) bond motifs is 2. The lowest BCUT2D eigenvalue weighted by molar-refractivity contribution is -0.259. The maximum atomic E-state index is 14.3. The number of para-hydroxylation sites is 2. The van der Waals surface area contributed by atoms with Crippen LogP contribution >= 0.6 is 0 Å². The minimum absolute atomic E-state index is 0.0685. The molecule has 2 aromatic rings. The van der Waals surface area contributed by atoms with Gasteiger partial charge in [-0.15, -0.1) is 0 Å². The van der Waals surface area contributed by atoms with Gasteiger partial charge in [-0.3, -0.25) is 4.79 Å². The van der Waals surface area contributed by atoms with E-state index in [1.165, 1.54) is 12.1 Å². The molecule has 2 heterocycles. The maximum absolute atomic E-state index is 14.3. The Morgan fingerprint density at radius 2 is 1.91 bits per heavy atom. The topological polar surface area (TPSA) is 61.8 Å². The van der Waals surface area contributed by atoms with Gasteiger partial charge in [-0.25, -0.2) is 4.39 Å². The van der Waals surface area contributed by atoms with Crippen molar-refractivity contribution in [3.63, 3.8) is 0 Å². The molecule has 32 heavy (non-hydrogen) atoms. The number of hydrogen-bond donors (Lipinski definition) is 2. The molecule has 2 aromatic carbocycles. The second-order valence-corrected chi connectivity index (χ2v) is 8.93. The van der Waals surface area contributed by atoms with E-state index >= 15 is 0 Å². The summed E-state index contributed by atoms with van der Waals surface area (Å²) in [6.07, 6.45) is -5.20. The number of hydrogen-bond acceptors (Lipinski definition) is 4. The zero-order valence-corrected chi connectivity index (χ0v) is 17.7. The van der Waals surface area contributed by atoms with Gasteiger partial charge in [-0.2, -0.15) is 13.2 Å². The number of amides is 1. The van der Waals surface area contributed by atoms with E-state index in [1.54, 1.807) is 36.1 Å². The lowest BCUT2D eigenvalue weighted by Gasteiger charge is -2.48. The van der Waals surface area contributed by atoms with E-state index in [9.17, 15) is 27.5 Å². The van der Waals surface area contributed by atoms with E-state index in [2.05, 4.69) is 5.32 Å². The number of rotatable bonds is 5. The third-order valence-electron chi connectivity index (χ3n) is 6.15. The minimum Gasteiger partial charge on any atom is -0.493 e. The van der Waals surface area contributed by atoms with Gasteiger partial charge in [0.15, 0.2) is 5.60 Å². The summed E-state index contributed by atoms with van der Waals surface area (Å²) < 4.78 is 61.0. The molecule has 0 aliphatic carbocycles. The molecule has 1 amide bonds. The highest BCUT2D eigenvalue weighted by molar-refractivity contribution is 6.01. The van der Waals surface area contributed by atoms with Crippen LogP contribution in [0.25, 0.3) is 0 Å². The molecule has 2 unspecified atom stereocenters. The lowest BCUT2D eigenvalue weighted by Crippen LogP contribution is -2.59. The molecule has 172 valence electrons. The van der Waals surface area contributed by atoms with Crippen molar-refractivity contribution >= 4 is 17.3 Å². The maximum Gasteiger partial charge on any atom is 0.416 e. The highest BCUT2D eigenvalue weighted by Crippen LogP contribution is 2.45. The van der Waals surface area contributed by atoms with Crippen LogP contribution in [0.3, 0.4) is 0 Å². The Labute approximate surface area is 183 Å². The largest absolute Gasteiger partial charge is 0.493 e. The molecule has 0 radical (unpaired) electrons. The first-order valence-electron chi connectivity index (χ1n) is 10.3. The molecule has 5 nitrogen and oxygen atoms in total. The van der Waals surface area contributed by atoms with Crippen LogP contribution in [0, 0.1) is 5.82 Å². The molecule has 0 saturated carbocycles. The monoisotopic (exact) mass is 452 g/mol. The van der Waals surface area contributed by atoms with E-state index in [0.717, 1.165) is 0 Å². The molecule has 9 heteroatoms. The van der Waals surface area contributed by atoms with Crippen LogP contribution in [0.2, 0.25) is 0 Å². The molecule has 0 fully saturated rings. The predicted molar refractivity (Wildman–Crippen MR) is 111 cm³/mol. The Kier molecular flexibility index (Phi) is 5.35. The molecule has 0 aromatic heterocycles. The normalized spacial score (nSPS) is 19.3. The molecule has 4 rings (SSSR count). The van der Waals surface area contributed by atoms with Crippen molar-refractivity contribution in [2.24, 2.45) is 0 Å². The summed E-state index contributed by atoms with van der Waals surface area (Å²) in [5, 5.41) is 13.1. The Morgan fingerprint density at radius 1 is 1.19 bits per heavy atom. The Bertz CT molecular complexity index is 1050. The highest BCUT2D eigenvalue weighted by atomic mass is 19.4. The highest BCUT2D eigenvalue weighted by Gasteiger charge is 2.55. The molecule has 0 spiro atoms. The van der Waals surface area contributed by atoms with Crippen LogP contribution < -0.4 is 15.0 Å². The summed E-state index contributed by atoms with van der Waals surface area (Å²) in [5.74, 6) is -0.438. The summed E-state index contributed by atoms with van der Waals surface area (Å²) in [4.78, 5) is 14.0. The zero-order valence-electron chi connectivity index (χ0n) is 17.7. The third kappa shape index (κ3) is 4.01. The molecular weight excluding hydrogens is 428 g/mol. The fourth-order valence-electron chi connectivity index (χ4n) is 4.70. The van der Waals surface area contributed by atoms with Gasteiger partial charge in [-0.1, -0.05) is 12.1 Å². The number of carbonyl (C=O) groups is 1. The van der Waals surface area contributed by atoms with Crippen LogP contribution in [0.5, 0.6) is 5.75 Å². The van der Waals surface area contributed by atoms with Gasteiger partial charge in [0.25, 0.3) is 0 Å². The average molecular weight is 452 g/mol. The second kappa shape index (κ2) is 7.65. The van der Waals surface area contributed by atoms with Crippen molar-refractivity contribution in [2.75, 3.05) is 23.4 Å². The average Bonchev–Trinajstić information content (AvgIpc) is 3.14. The number of ether oxygens (including phenoxy) is 1. The van der Waals surface area contributed by atoms with Crippen molar-refractivity contribution in [2.45, 2.75) is 50.4 Å². The molecule has 0 bridgehead atoms. The number of nitrogens with one attached hydrogen (secondary N) is 1. The van der Waals surface area contributed by atoms with Gasteiger partial charge >= 0.3 is 6.18 Å². The first kappa shape index (κ1) is 22.4. The number of aliphatic hydroxyl groups is 1. The number of halogens is 4. The fraction of sp³-hybridized carbons (Fsp3) is 0.435. The van der Waals surface area contributed by atoms with Crippen molar-refractivity contribution in [1.82, 2.24) is 0 Å². The molecule has 2 aliphatic rings. The first-order valence-corrected chi connectivity index (χ1v) is 10.3. The number of benzene rings is 2. The molecular formula is C23H24F4N2O3. The Hall–Kier alpha value is -2.81. The van der Waals surface area contributed by atoms with Crippen molar-refractivity contribution < 1.29 is 32.2 Å². The summed E-state index contributed by atoms with van der Waals surface area (Å²) in [6, 6.07) is 9.39. The van der Waals surface area contributed by atoms with E-state index in [1.807, 2.05) is 0 Å². The van der Waals surface area contributed by atoms with Gasteiger partial charge in [0.05, 0.1) is 24.5 Å². The number of alkyl halides is 3. The summed E-state index contributed by atoms with van der Waals surface area (Å²) in [6.45, 7) is 2.42. The van der Waals surface area contributed by atoms with Gasteiger partial charge in [-0.05, 0) is 50.1 Å². The van der Waals surface area contributed by atoms with E-state index < -0.39 is 29.6 Å². The number of anilines is 2. The van der Waals surface area contributed by atoms with Gasteiger partial charge in [0, 0.05) is 23.9 Å². The predicted octanol–water partition coefficient (Wildman–Crippen LogP) is 4.22. The standard InChI is InChI=1S/C23H24F4N2O3/c1-21(13-22(2,31)23(25,26)27,11-15-10-16(24)9-14-7-8-32-20(14)15)29-12-19(30)28-17-5-3-4-6-18(17)29/h3-6,9-10,31H,7-8,11-13H2,1-2H3,(H,28,30). The van der Waals surface area contributed by atoms with Crippen molar-refractivity contribution in [1.29, 1.82) is 0 Å². The summed E-state index contributed by atoms with van der Waals surface area (Å²) in [5.41, 5.74) is -2.39. The smallest absolute Gasteiger partial charge is 0.416 e. The number of carbonyl (C=O) groups excluding carboxylic acids is 1. The van der Waals surface area contributed by atoms with Crippen LogP contribution in [-0.2, 0) is 17.6 Å².